The van der Waals surface area contributed by atoms with E-state index in [1.165, 1.54) is 10.4 Å². The molecule has 0 spiro atoms. The first-order valence-corrected chi connectivity index (χ1v) is 14.5. The molecule has 34 heavy (non-hydrogen) atoms. The van der Waals surface area contributed by atoms with Crippen molar-refractivity contribution >= 4 is 18.7 Å². The summed E-state index contributed by atoms with van der Waals surface area (Å²) in [6.07, 6.45) is 2.73. The van der Waals surface area contributed by atoms with Crippen LogP contribution in [-0.2, 0) is 18.6 Å². The molecule has 5 rings (SSSR count). The topological polar surface area (TPSA) is 36.9 Å². The smallest absolute Gasteiger partial charge is 0.261 e. The van der Waals surface area contributed by atoms with Gasteiger partial charge in [0.05, 0.1) is 12.2 Å². The van der Waals surface area contributed by atoms with E-state index >= 15 is 0 Å². The molecular formula is C29H40O4Si. The molecule has 0 unspecified atom stereocenters. The molecule has 2 saturated heterocycles. The van der Waals surface area contributed by atoms with E-state index in [0.717, 1.165) is 6.42 Å². The van der Waals surface area contributed by atoms with Gasteiger partial charge >= 0.3 is 0 Å². The van der Waals surface area contributed by atoms with Crippen molar-refractivity contribution in [2.75, 3.05) is 20.3 Å². The molecule has 1 aliphatic carbocycles. The lowest BCUT2D eigenvalue weighted by Crippen LogP contribution is -2.68. The van der Waals surface area contributed by atoms with Gasteiger partial charge in [-0.25, -0.2) is 0 Å². The fourth-order valence-electron chi connectivity index (χ4n) is 6.25. The summed E-state index contributed by atoms with van der Waals surface area (Å²) in [7, 11) is -0.844. The Morgan fingerprint density at radius 1 is 1.03 bits per heavy atom. The van der Waals surface area contributed by atoms with Gasteiger partial charge in [-0.05, 0) is 34.7 Å². The third kappa shape index (κ3) is 4.45. The fraction of sp³-hybridized carbons (Fsp3) is 0.517. The van der Waals surface area contributed by atoms with Crippen molar-refractivity contribution in [1.82, 2.24) is 0 Å². The first-order valence-electron chi connectivity index (χ1n) is 12.5. The normalized spacial score (nSPS) is 29.2. The Kier molecular flexibility index (Phi) is 7.80. The predicted molar refractivity (Wildman–Crippen MR) is 140 cm³/mol. The first-order chi connectivity index (χ1) is 16.4. The van der Waals surface area contributed by atoms with Gasteiger partial charge in [0, 0.05) is 32.2 Å². The van der Waals surface area contributed by atoms with Crippen LogP contribution < -0.4 is 10.4 Å². The minimum atomic E-state index is -2.64. The summed E-state index contributed by atoms with van der Waals surface area (Å²) in [5, 5.41) is 2.52. The van der Waals surface area contributed by atoms with Gasteiger partial charge in [-0.2, -0.15) is 0 Å². The van der Waals surface area contributed by atoms with E-state index < -0.39 is 8.32 Å². The van der Waals surface area contributed by atoms with Crippen molar-refractivity contribution in [3.05, 3.63) is 73.3 Å². The second-order valence-electron chi connectivity index (χ2n) is 10.5. The second-order valence-corrected chi connectivity index (χ2v) is 14.9. The Morgan fingerprint density at radius 3 is 2.09 bits per heavy atom. The summed E-state index contributed by atoms with van der Waals surface area (Å²) in [5.74, 6) is 0.652. The number of allylic oxidation sites excluding steroid dienone is 1. The van der Waals surface area contributed by atoms with Crippen molar-refractivity contribution in [3.63, 3.8) is 0 Å². The number of hydrogen-bond acceptors (Lipinski definition) is 4. The molecule has 184 valence electrons. The first kappa shape index (κ1) is 25.3. The molecule has 2 aromatic carbocycles. The second kappa shape index (κ2) is 10.5. The van der Waals surface area contributed by atoms with Gasteiger partial charge in [-0.3, -0.25) is 0 Å². The third-order valence-corrected chi connectivity index (χ3v) is 12.7. The molecule has 6 atom stereocenters. The van der Waals surface area contributed by atoms with Crippen LogP contribution in [0.3, 0.4) is 0 Å². The van der Waals surface area contributed by atoms with Crippen LogP contribution in [0.5, 0.6) is 0 Å². The van der Waals surface area contributed by atoms with Gasteiger partial charge in [0.2, 0.25) is 0 Å². The highest BCUT2D eigenvalue weighted by Crippen LogP contribution is 2.48. The molecule has 2 aromatic rings. The van der Waals surface area contributed by atoms with Crippen molar-refractivity contribution in [1.29, 1.82) is 0 Å². The molecule has 4 nitrogen and oxygen atoms in total. The Labute approximate surface area is 206 Å². The molecule has 2 aliphatic heterocycles. The van der Waals surface area contributed by atoms with Crippen molar-refractivity contribution in [2.45, 2.75) is 57.7 Å². The zero-order chi connectivity index (χ0) is 24.3. The predicted octanol–water partition coefficient (Wildman–Crippen LogP) is 4.78. The largest absolute Gasteiger partial charge is 0.407 e. The third-order valence-electron chi connectivity index (χ3n) is 7.72. The van der Waals surface area contributed by atoms with Crippen molar-refractivity contribution in [2.24, 2.45) is 17.8 Å². The van der Waals surface area contributed by atoms with Crippen LogP contribution in [0, 0.1) is 17.8 Å². The Balaban J connectivity index is 1.75. The van der Waals surface area contributed by atoms with E-state index in [0.29, 0.717) is 19.1 Å². The highest BCUT2D eigenvalue weighted by atomic mass is 28.4. The van der Waals surface area contributed by atoms with E-state index in [2.05, 4.69) is 94.1 Å². The Bertz CT molecular complexity index is 887. The lowest BCUT2D eigenvalue weighted by atomic mass is 9.66. The molecular weight excluding hydrogens is 440 g/mol. The summed E-state index contributed by atoms with van der Waals surface area (Å²) >= 11 is 0. The molecule has 5 heteroatoms. The van der Waals surface area contributed by atoms with E-state index in [4.69, 9.17) is 18.6 Å². The van der Waals surface area contributed by atoms with E-state index in [1.807, 2.05) is 6.92 Å². The van der Waals surface area contributed by atoms with Crippen LogP contribution in [0.4, 0.5) is 0 Å². The highest BCUT2D eigenvalue weighted by molar-refractivity contribution is 6.99. The number of hydrogen-bond donors (Lipinski definition) is 0. The monoisotopic (exact) mass is 480 g/mol. The van der Waals surface area contributed by atoms with Gasteiger partial charge in [0.25, 0.3) is 8.32 Å². The van der Waals surface area contributed by atoms with E-state index in [9.17, 15) is 0 Å². The van der Waals surface area contributed by atoms with Crippen molar-refractivity contribution < 1.29 is 18.6 Å². The SMILES string of the molecule is C=C[C@H]1C[C@H]2O[C@H](OCC)[C@@H]1[C@H](CO[Si](c1ccccc1)(c1ccccc1)C(C)(C)C)[C@H]2OC. The zero-order valence-corrected chi connectivity index (χ0v) is 22.3. The summed E-state index contributed by atoms with van der Waals surface area (Å²) < 4.78 is 25.8. The zero-order valence-electron chi connectivity index (χ0n) is 21.3. The maximum absolute atomic E-state index is 7.32. The van der Waals surface area contributed by atoms with Crippen LogP contribution in [0.25, 0.3) is 0 Å². The number of rotatable bonds is 9. The number of methoxy groups -OCH3 is 1. The maximum atomic E-state index is 7.32. The molecule has 3 fully saturated rings. The highest BCUT2D eigenvalue weighted by Gasteiger charge is 2.56. The minimum absolute atomic E-state index is 0.0118. The molecule has 0 radical (unpaired) electrons. The fourth-order valence-corrected chi connectivity index (χ4v) is 10.9. The number of ether oxygens (including phenoxy) is 3. The van der Waals surface area contributed by atoms with Gasteiger partial charge in [-0.1, -0.05) is 87.5 Å². The van der Waals surface area contributed by atoms with E-state index in [-0.39, 0.29) is 35.4 Å². The van der Waals surface area contributed by atoms with Crippen LogP contribution in [-0.4, -0.2) is 47.1 Å². The van der Waals surface area contributed by atoms with E-state index in [1.54, 1.807) is 7.11 Å². The van der Waals surface area contributed by atoms with Crippen LogP contribution in [0.2, 0.25) is 5.04 Å². The number of fused-ring (bicyclic) bond motifs is 3. The Morgan fingerprint density at radius 2 is 1.62 bits per heavy atom. The summed E-state index contributed by atoms with van der Waals surface area (Å²) in [6.45, 7) is 14.3. The van der Waals surface area contributed by atoms with Gasteiger partial charge in [-0.15, -0.1) is 6.58 Å². The van der Waals surface area contributed by atoms with Crippen LogP contribution in [0.15, 0.2) is 73.3 Å². The Hall–Kier alpha value is -1.76. The molecule has 0 aromatic heterocycles. The summed E-state index contributed by atoms with van der Waals surface area (Å²) in [4.78, 5) is 0. The molecule has 2 heterocycles. The molecule has 0 amide bonds. The number of benzene rings is 2. The molecule has 1 saturated carbocycles. The van der Waals surface area contributed by atoms with Gasteiger partial charge in [0.15, 0.2) is 6.29 Å². The summed E-state index contributed by atoms with van der Waals surface area (Å²) in [5.41, 5.74) is 0. The van der Waals surface area contributed by atoms with Crippen molar-refractivity contribution in [3.8, 4) is 0 Å². The average molecular weight is 481 g/mol. The molecule has 2 bridgehead atoms. The molecule has 0 N–H and O–H groups in total. The lowest BCUT2D eigenvalue weighted by Gasteiger charge is -2.55. The van der Waals surface area contributed by atoms with Crippen LogP contribution >= 0.6 is 0 Å². The standard InChI is InChI=1S/C29H40O4Si/c1-7-21-19-25-27(30-6)24(26(21)28(33-25)31-8-2)20-32-34(29(3,4)5,22-15-11-9-12-16-22)23-17-13-10-14-18-23/h7,9-18,21,24-28H,1,8,19-20H2,2-6H3/t21-,24-,25+,26-,27+,28-/m0/s1. The quantitative estimate of drug-likeness (QED) is 0.382. The maximum Gasteiger partial charge on any atom is 0.261 e. The van der Waals surface area contributed by atoms with Gasteiger partial charge < -0.3 is 18.6 Å². The summed E-state index contributed by atoms with van der Waals surface area (Å²) in [6, 6.07) is 21.6. The van der Waals surface area contributed by atoms with Gasteiger partial charge in [0.1, 0.15) is 0 Å². The molecule has 3 aliphatic rings. The van der Waals surface area contributed by atoms with Crippen LogP contribution in [0.1, 0.15) is 34.1 Å². The average Bonchev–Trinajstić information content (AvgIpc) is 2.85. The minimum Gasteiger partial charge on any atom is -0.407 e. The lowest BCUT2D eigenvalue weighted by molar-refractivity contribution is -0.310.